The maximum atomic E-state index is 15.2. The molecule has 5 rings (SSSR count). The van der Waals surface area contributed by atoms with Crippen molar-refractivity contribution in [2.24, 2.45) is 0 Å². The number of ether oxygens (including phenoxy) is 4. The standard InChI is InChI=1S/C34H35FN3O8PS/c1-23-21-38(33(40)37-32(23)39)31-20-29(30(45-31)22-44-47(35,48)43-19-7-18-36)46-34(24-8-5-4-6-9-24,25-10-14-27(41-2)15-11-25)26-12-16-28(42-3)17-13-26/h4-6,8-17,21,29-31H,7,19-20,22H2,1-3H3,(H,37,39,40)/t29-,30+,31+,47?/m0/s1. The Morgan fingerprint density at radius 2 is 1.56 bits per heavy atom. The van der Waals surface area contributed by atoms with Crippen LogP contribution < -0.4 is 20.7 Å². The molecule has 0 radical (unpaired) electrons. The van der Waals surface area contributed by atoms with E-state index in [-0.39, 0.29) is 26.1 Å². The molecule has 0 bridgehead atoms. The molecule has 1 aliphatic heterocycles. The normalized spacial score (nSPS) is 18.9. The zero-order valence-electron chi connectivity index (χ0n) is 26.5. The minimum absolute atomic E-state index is 0.0583. The minimum atomic E-state index is -4.26. The van der Waals surface area contributed by atoms with Gasteiger partial charge in [0.25, 0.3) is 5.56 Å². The Hall–Kier alpha value is -4.15. The molecule has 1 unspecified atom stereocenters. The van der Waals surface area contributed by atoms with E-state index in [4.69, 9.17) is 45.1 Å². The molecular formula is C34H35FN3O8PS. The molecule has 252 valence electrons. The summed E-state index contributed by atoms with van der Waals surface area (Å²) < 4.78 is 51.5. The van der Waals surface area contributed by atoms with Crippen LogP contribution in [0.25, 0.3) is 0 Å². The molecule has 0 amide bonds. The molecule has 48 heavy (non-hydrogen) atoms. The molecule has 1 aliphatic rings. The summed E-state index contributed by atoms with van der Waals surface area (Å²) in [6, 6.07) is 26.3. The highest BCUT2D eigenvalue weighted by Crippen LogP contribution is 2.52. The van der Waals surface area contributed by atoms with Crippen molar-refractivity contribution < 1.29 is 32.2 Å². The number of halogens is 1. The van der Waals surface area contributed by atoms with E-state index in [0.29, 0.717) is 17.1 Å². The van der Waals surface area contributed by atoms with E-state index in [1.165, 1.54) is 10.8 Å². The Bertz CT molecular complexity index is 1850. The van der Waals surface area contributed by atoms with Gasteiger partial charge in [0.1, 0.15) is 29.4 Å². The van der Waals surface area contributed by atoms with Crippen LogP contribution in [0.1, 0.15) is 41.3 Å². The number of aromatic nitrogens is 2. The van der Waals surface area contributed by atoms with E-state index < -0.39 is 42.1 Å². The molecule has 0 saturated carbocycles. The number of nitriles is 1. The van der Waals surface area contributed by atoms with Gasteiger partial charge in [-0.25, -0.2) is 4.79 Å². The van der Waals surface area contributed by atoms with Crippen molar-refractivity contribution in [3.05, 3.63) is 128 Å². The number of hydrogen-bond acceptors (Lipinski definition) is 10. The summed E-state index contributed by atoms with van der Waals surface area (Å²) in [6.45, 7) is -3.29. The SMILES string of the molecule is COc1ccc(C(O[C@H]2C[C@H](n3cc(C)c(=O)[nH]c3=O)O[C@@H]2COP(F)(=S)OCCC#N)(c2ccccc2)c2ccc(OC)cc2)cc1. The van der Waals surface area contributed by atoms with E-state index >= 15 is 4.20 Å². The van der Waals surface area contributed by atoms with Gasteiger partial charge < -0.3 is 28.0 Å². The van der Waals surface area contributed by atoms with Gasteiger partial charge in [-0.15, -0.1) is 0 Å². The maximum absolute atomic E-state index is 15.2. The van der Waals surface area contributed by atoms with Crippen molar-refractivity contribution in [2.75, 3.05) is 27.4 Å². The van der Waals surface area contributed by atoms with Crippen molar-refractivity contribution in [1.29, 1.82) is 5.26 Å². The van der Waals surface area contributed by atoms with Gasteiger partial charge in [0.05, 0.1) is 46.0 Å². The van der Waals surface area contributed by atoms with Crippen molar-refractivity contribution >= 4 is 18.6 Å². The number of H-pyrrole nitrogens is 1. The summed E-state index contributed by atoms with van der Waals surface area (Å²) in [6.07, 6.45) is -1.22. The number of aryl methyl sites for hydroxylation is 1. The molecule has 4 atom stereocenters. The molecule has 1 saturated heterocycles. The Morgan fingerprint density at radius 1 is 0.979 bits per heavy atom. The topological polar surface area (TPSA) is 134 Å². The average Bonchev–Trinajstić information content (AvgIpc) is 3.50. The fourth-order valence-corrected chi connectivity index (χ4v) is 6.72. The summed E-state index contributed by atoms with van der Waals surface area (Å²) in [5, 5.41) is 8.83. The van der Waals surface area contributed by atoms with E-state index in [1.54, 1.807) is 21.1 Å². The van der Waals surface area contributed by atoms with Crippen molar-refractivity contribution in [3.63, 3.8) is 0 Å². The predicted octanol–water partition coefficient (Wildman–Crippen LogP) is 5.67. The predicted molar refractivity (Wildman–Crippen MR) is 179 cm³/mol. The second-order valence-corrected chi connectivity index (χ2v) is 13.7. The quantitative estimate of drug-likeness (QED) is 0.1000. The first-order chi connectivity index (χ1) is 23.1. The molecule has 1 N–H and O–H groups in total. The van der Waals surface area contributed by atoms with Gasteiger partial charge in [-0.3, -0.25) is 14.3 Å². The number of rotatable bonds is 14. The molecule has 3 aromatic carbocycles. The summed E-state index contributed by atoms with van der Waals surface area (Å²) in [5.41, 5.74) is 0.103. The van der Waals surface area contributed by atoms with Gasteiger partial charge >= 0.3 is 12.5 Å². The molecule has 1 fully saturated rings. The fraction of sp³-hybridized carbons (Fsp3) is 0.324. The first-order valence-electron chi connectivity index (χ1n) is 15.1. The van der Waals surface area contributed by atoms with Crippen LogP contribution in [-0.4, -0.2) is 49.2 Å². The Kier molecular flexibility index (Phi) is 11.3. The summed E-state index contributed by atoms with van der Waals surface area (Å²) >= 11 is 4.97. The third kappa shape index (κ3) is 7.76. The summed E-state index contributed by atoms with van der Waals surface area (Å²) in [4.78, 5) is 27.4. The van der Waals surface area contributed by atoms with Crippen LogP contribution in [0.3, 0.4) is 0 Å². The van der Waals surface area contributed by atoms with Gasteiger partial charge in [0.15, 0.2) is 0 Å². The van der Waals surface area contributed by atoms with Crippen LogP contribution in [0.5, 0.6) is 11.5 Å². The van der Waals surface area contributed by atoms with Crippen molar-refractivity contribution in [2.45, 2.75) is 43.8 Å². The van der Waals surface area contributed by atoms with Crippen LogP contribution in [0.15, 0.2) is 94.6 Å². The molecule has 11 nitrogen and oxygen atoms in total. The fourth-order valence-electron chi connectivity index (χ4n) is 5.60. The third-order valence-corrected chi connectivity index (χ3v) is 9.57. The highest BCUT2D eigenvalue weighted by molar-refractivity contribution is 8.07. The molecule has 2 heterocycles. The van der Waals surface area contributed by atoms with Gasteiger partial charge in [-0.05, 0) is 59.7 Å². The highest BCUT2D eigenvalue weighted by Gasteiger charge is 2.47. The van der Waals surface area contributed by atoms with E-state index in [1.807, 2.05) is 84.9 Å². The van der Waals surface area contributed by atoms with E-state index in [2.05, 4.69) is 4.98 Å². The largest absolute Gasteiger partial charge is 0.497 e. The Labute approximate surface area is 282 Å². The average molecular weight is 696 g/mol. The first kappa shape index (κ1) is 35.2. The van der Waals surface area contributed by atoms with Gasteiger partial charge in [0, 0.05) is 18.2 Å². The number of hydrogen-bond donors (Lipinski definition) is 1. The van der Waals surface area contributed by atoms with Crippen LogP contribution in [-0.2, 0) is 35.9 Å². The van der Waals surface area contributed by atoms with Gasteiger partial charge in [-0.1, -0.05) is 54.6 Å². The lowest BCUT2D eigenvalue weighted by Gasteiger charge is -2.39. The smallest absolute Gasteiger partial charge is 0.366 e. The summed E-state index contributed by atoms with van der Waals surface area (Å²) in [5.74, 6) is 1.28. The van der Waals surface area contributed by atoms with Crippen LogP contribution in [0.4, 0.5) is 4.20 Å². The van der Waals surface area contributed by atoms with Crippen LogP contribution >= 0.6 is 6.80 Å². The number of nitrogens with one attached hydrogen (secondary N) is 1. The molecule has 4 aromatic rings. The number of aromatic amines is 1. The molecule has 1 aromatic heterocycles. The van der Waals surface area contributed by atoms with Crippen molar-refractivity contribution in [1.82, 2.24) is 9.55 Å². The molecule has 0 spiro atoms. The minimum Gasteiger partial charge on any atom is -0.497 e. The van der Waals surface area contributed by atoms with Crippen LogP contribution in [0.2, 0.25) is 0 Å². The lowest BCUT2D eigenvalue weighted by molar-refractivity contribution is -0.0972. The van der Waals surface area contributed by atoms with E-state index in [9.17, 15) is 9.59 Å². The van der Waals surface area contributed by atoms with Gasteiger partial charge in [0.2, 0.25) is 0 Å². The molecule has 0 aliphatic carbocycles. The Morgan fingerprint density at radius 3 is 2.12 bits per heavy atom. The third-order valence-electron chi connectivity index (χ3n) is 7.99. The number of nitrogens with zero attached hydrogens (tertiary/aromatic N) is 2. The first-order valence-corrected chi connectivity index (χ1v) is 17.6. The number of methoxy groups -OCH3 is 2. The van der Waals surface area contributed by atoms with E-state index in [0.717, 1.165) is 16.7 Å². The highest BCUT2D eigenvalue weighted by atomic mass is 32.5. The van der Waals surface area contributed by atoms with Gasteiger partial charge in [-0.2, -0.15) is 9.46 Å². The number of benzene rings is 3. The zero-order valence-corrected chi connectivity index (χ0v) is 28.2. The molecule has 14 heteroatoms. The molecular weight excluding hydrogens is 660 g/mol. The Balaban J connectivity index is 1.63. The monoisotopic (exact) mass is 695 g/mol. The zero-order chi connectivity index (χ0) is 34.3. The second-order valence-electron chi connectivity index (χ2n) is 11.0. The summed E-state index contributed by atoms with van der Waals surface area (Å²) in [7, 11) is 3.16. The lowest BCUT2D eigenvalue weighted by atomic mass is 9.79. The van der Waals surface area contributed by atoms with Crippen LogP contribution in [0, 0.1) is 18.3 Å². The second kappa shape index (κ2) is 15.4. The maximum Gasteiger partial charge on any atom is 0.366 e. The van der Waals surface area contributed by atoms with Crippen molar-refractivity contribution in [3.8, 4) is 17.6 Å². The lowest BCUT2D eigenvalue weighted by Crippen LogP contribution is -2.41.